The zero-order chi connectivity index (χ0) is 22.0. The number of pyridine rings is 3. The maximum Gasteiger partial charge on any atom is 0.0703 e. The molecule has 0 fully saturated rings. The molecule has 3 aromatic heterocycles. The van der Waals surface area contributed by atoms with Crippen molar-refractivity contribution in [3.8, 4) is 0 Å². The molecule has 3 heterocycles. The van der Waals surface area contributed by atoms with Crippen molar-refractivity contribution in [1.29, 1.82) is 0 Å². The second-order valence-corrected chi connectivity index (χ2v) is 9.86. The zero-order valence-corrected chi connectivity index (χ0v) is 20.0. The predicted molar refractivity (Wildman–Crippen MR) is 138 cm³/mol. The fourth-order valence-corrected chi connectivity index (χ4v) is 5.44. The van der Waals surface area contributed by atoms with Gasteiger partial charge in [0.05, 0.1) is 29.6 Å². The molecule has 0 spiro atoms. The number of para-hydroxylation sites is 1. The highest BCUT2D eigenvalue weighted by Gasteiger charge is 2.07. The average Bonchev–Trinajstić information content (AvgIpc) is 2.84. The maximum absolute atomic E-state index is 4.61. The zero-order valence-electron chi connectivity index (χ0n) is 18.3. The van der Waals surface area contributed by atoms with Gasteiger partial charge in [-0.05, 0) is 72.7 Å². The average molecular weight is 461 g/mol. The molecule has 164 valence electrons. The monoisotopic (exact) mass is 460 g/mol. The molecule has 0 radical (unpaired) electrons. The molecular formula is C26H28N4S2. The Bertz CT molecular complexity index is 1130. The Morgan fingerprint density at radius 1 is 0.906 bits per heavy atom. The molecule has 0 amide bonds. The van der Waals surface area contributed by atoms with Gasteiger partial charge in [-0.3, -0.25) is 15.0 Å². The second kappa shape index (κ2) is 11.9. The first-order chi connectivity index (χ1) is 15.8. The number of fused-ring (bicyclic) bond motifs is 1. The lowest BCUT2D eigenvalue weighted by molar-refractivity contribution is 0.905. The number of thioether (sulfide) groups is 2. The molecular weight excluding hydrogens is 432 g/mol. The van der Waals surface area contributed by atoms with Crippen LogP contribution in [0, 0.1) is 6.92 Å². The lowest BCUT2D eigenvalue weighted by Crippen LogP contribution is -2.05. The van der Waals surface area contributed by atoms with E-state index in [1.165, 1.54) is 34.6 Å². The molecule has 6 heteroatoms. The van der Waals surface area contributed by atoms with Gasteiger partial charge in [0.2, 0.25) is 0 Å². The van der Waals surface area contributed by atoms with Crippen LogP contribution < -0.4 is 5.32 Å². The van der Waals surface area contributed by atoms with Crippen LogP contribution in [-0.4, -0.2) is 26.5 Å². The van der Waals surface area contributed by atoms with E-state index in [1.54, 1.807) is 0 Å². The molecule has 1 aromatic carbocycles. The lowest BCUT2D eigenvalue weighted by atomic mass is 10.2. The van der Waals surface area contributed by atoms with Crippen molar-refractivity contribution in [2.24, 2.45) is 0 Å². The van der Waals surface area contributed by atoms with Crippen LogP contribution in [0.15, 0.2) is 78.2 Å². The van der Waals surface area contributed by atoms with Crippen LogP contribution in [0.2, 0.25) is 0 Å². The highest BCUT2D eigenvalue weighted by atomic mass is 32.2. The van der Waals surface area contributed by atoms with Gasteiger partial charge in [0.1, 0.15) is 0 Å². The first-order valence-electron chi connectivity index (χ1n) is 10.9. The SMILES string of the molecule is Cc1c(SCCCCSCc2ccncc2)ccnc1CNc1cnc2ccccc2c1. The molecule has 0 aliphatic carbocycles. The summed E-state index contributed by atoms with van der Waals surface area (Å²) in [6.07, 6.45) is 10.0. The van der Waals surface area contributed by atoms with Crippen molar-refractivity contribution in [2.75, 3.05) is 16.8 Å². The first kappa shape index (κ1) is 22.6. The van der Waals surface area contributed by atoms with Gasteiger partial charge in [0.25, 0.3) is 0 Å². The summed E-state index contributed by atoms with van der Waals surface area (Å²) < 4.78 is 0. The first-order valence-corrected chi connectivity index (χ1v) is 13.1. The van der Waals surface area contributed by atoms with E-state index in [0.29, 0.717) is 6.54 Å². The highest BCUT2D eigenvalue weighted by Crippen LogP contribution is 2.26. The molecule has 0 saturated carbocycles. The molecule has 0 aliphatic heterocycles. The Balaban J connectivity index is 1.21. The Morgan fingerprint density at radius 2 is 1.75 bits per heavy atom. The molecule has 32 heavy (non-hydrogen) atoms. The van der Waals surface area contributed by atoms with Gasteiger partial charge >= 0.3 is 0 Å². The standard InChI is InChI=1S/C26H28N4S2/c1-20-25(18-29-23-16-22-6-2-3-7-24(22)30-17-23)28-13-10-26(20)32-15-5-4-14-31-19-21-8-11-27-12-9-21/h2-3,6-13,16-17,29H,4-5,14-15,18-19H2,1H3. The van der Waals surface area contributed by atoms with Crippen molar-refractivity contribution in [1.82, 2.24) is 15.0 Å². The lowest BCUT2D eigenvalue weighted by Gasteiger charge is -2.12. The number of rotatable bonds is 11. The number of anilines is 1. The fraction of sp³-hybridized carbons (Fsp3) is 0.269. The van der Waals surface area contributed by atoms with Gasteiger partial charge in [-0.15, -0.1) is 11.8 Å². The van der Waals surface area contributed by atoms with Crippen molar-refractivity contribution in [3.63, 3.8) is 0 Å². The summed E-state index contributed by atoms with van der Waals surface area (Å²) in [5, 5.41) is 4.63. The summed E-state index contributed by atoms with van der Waals surface area (Å²) in [6, 6.07) is 16.6. The van der Waals surface area contributed by atoms with E-state index in [9.17, 15) is 0 Å². The summed E-state index contributed by atoms with van der Waals surface area (Å²) in [7, 11) is 0. The van der Waals surface area contributed by atoms with Crippen LogP contribution in [0.3, 0.4) is 0 Å². The smallest absolute Gasteiger partial charge is 0.0703 e. The number of hydrogen-bond acceptors (Lipinski definition) is 6. The molecule has 4 rings (SSSR count). The van der Waals surface area contributed by atoms with E-state index in [4.69, 9.17) is 0 Å². The number of benzene rings is 1. The summed E-state index contributed by atoms with van der Waals surface area (Å²) in [6.45, 7) is 2.88. The van der Waals surface area contributed by atoms with Crippen molar-refractivity contribution < 1.29 is 0 Å². The largest absolute Gasteiger partial charge is 0.378 e. The van der Waals surface area contributed by atoms with Crippen molar-refractivity contribution in [3.05, 3.63) is 90.1 Å². The summed E-state index contributed by atoms with van der Waals surface area (Å²) in [5.41, 5.74) is 5.75. The molecule has 0 atom stereocenters. The van der Waals surface area contributed by atoms with Gasteiger partial charge < -0.3 is 5.32 Å². The minimum atomic E-state index is 0.700. The van der Waals surface area contributed by atoms with E-state index in [0.717, 1.165) is 33.8 Å². The van der Waals surface area contributed by atoms with Gasteiger partial charge in [0.15, 0.2) is 0 Å². The Hall–Kier alpha value is -2.57. The van der Waals surface area contributed by atoms with Gasteiger partial charge in [-0.2, -0.15) is 11.8 Å². The second-order valence-electron chi connectivity index (χ2n) is 7.61. The Morgan fingerprint density at radius 3 is 2.66 bits per heavy atom. The molecule has 0 unspecified atom stereocenters. The van der Waals surface area contributed by atoms with E-state index >= 15 is 0 Å². The Labute approximate surface area is 198 Å². The third-order valence-electron chi connectivity index (χ3n) is 5.27. The fourth-order valence-electron chi connectivity index (χ4n) is 3.40. The van der Waals surface area contributed by atoms with Crippen LogP contribution in [-0.2, 0) is 12.3 Å². The number of nitrogens with one attached hydrogen (secondary N) is 1. The molecule has 4 aromatic rings. The van der Waals surface area contributed by atoms with E-state index in [-0.39, 0.29) is 0 Å². The van der Waals surface area contributed by atoms with E-state index < -0.39 is 0 Å². The van der Waals surface area contributed by atoms with Crippen LogP contribution in [0.5, 0.6) is 0 Å². The predicted octanol–water partition coefficient (Wildman–Crippen LogP) is 6.75. The molecule has 4 nitrogen and oxygen atoms in total. The highest BCUT2D eigenvalue weighted by molar-refractivity contribution is 7.99. The van der Waals surface area contributed by atoms with Gasteiger partial charge in [-0.25, -0.2) is 0 Å². The quantitative estimate of drug-likeness (QED) is 0.197. The summed E-state index contributed by atoms with van der Waals surface area (Å²) in [5.74, 6) is 3.41. The topological polar surface area (TPSA) is 50.7 Å². The minimum absolute atomic E-state index is 0.700. The molecule has 0 saturated heterocycles. The normalized spacial score (nSPS) is 11.0. The van der Waals surface area contributed by atoms with Crippen LogP contribution in [0.25, 0.3) is 10.9 Å². The van der Waals surface area contributed by atoms with Gasteiger partial charge in [-0.1, -0.05) is 18.2 Å². The van der Waals surface area contributed by atoms with Crippen LogP contribution >= 0.6 is 23.5 Å². The van der Waals surface area contributed by atoms with Gasteiger partial charge in [0, 0.05) is 34.6 Å². The van der Waals surface area contributed by atoms with Crippen molar-refractivity contribution in [2.45, 2.75) is 37.0 Å². The van der Waals surface area contributed by atoms with Crippen LogP contribution in [0.4, 0.5) is 5.69 Å². The third-order valence-corrected chi connectivity index (χ3v) is 7.63. The maximum atomic E-state index is 4.61. The number of hydrogen-bond donors (Lipinski definition) is 1. The van der Waals surface area contributed by atoms with E-state index in [1.807, 2.05) is 66.5 Å². The molecule has 0 aliphatic rings. The third kappa shape index (κ3) is 6.47. The number of nitrogens with zero attached hydrogens (tertiary/aromatic N) is 3. The summed E-state index contributed by atoms with van der Waals surface area (Å²) in [4.78, 5) is 14.5. The minimum Gasteiger partial charge on any atom is -0.378 e. The number of aromatic nitrogens is 3. The summed E-state index contributed by atoms with van der Waals surface area (Å²) >= 11 is 3.94. The van der Waals surface area contributed by atoms with E-state index in [2.05, 4.69) is 57.5 Å². The Kier molecular flexibility index (Phi) is 8.40. The molecule has 0 bridgehead atoms. The van der Waals surface area contributed by atoms with Crippen LogP contribution in [0.1, 0.15) is 29.7 Å². The molecule has 1 N–H and O–H groups in total. The number of unbranched alkanes of at least 4 members (excludes halogenated alkanes) is 1. The van der Waals surface area contributed by atoms with Crippen molar-refractivity contribution >= 4 is 40.1 Å².